The lowest BCUT2D eigenvalue weighted by molar-refractivity contribution is -0.215. The summed E-state index contributed by atoms with van der Waals surface area (Å²) in [5, 5.41) is 0.112. The zero-order chi connectivity index (χ0) is 30.3. The summed E-state index contributed by atoms with van der Waals surface area (Å²) < 4.78 is 25.1. The van der Waals surface area contributed by atoms with Gasteiger partial charge in [-0.15, -0.1) is 5.06 Å². The summed E-state index contributed by atoms with van der Waals surface area (Å²) >= 11 is 0. The van der Waals surface area contributed by atoms with E-state index in [2.05, 4.69) is 0 Å². The molecule has 3 atom stereocenters. The molecule has 1 unspecified atom stereocenters. The molecular weight excluding hydrogens is 526 g/mol. The number of hydrogen-bond donors (Lipinski definition) is 0. The minimum atomic E-state index is -2.38. The van der Waals surface area contributed by atoms with Crippen LogP contribution in [0.3, 0.4) is 0 Å². The first kappa shape index (κ1) is 33.0. The van der Waals surface area contributed by atoms with E-state index in [1.807, 2.05) is 0 Å². The largest absolute Gasteiger partial charge is 0.460 e. The molecule has 15 nitrogen and oxygen atoms in total. The van der Waals surface area contributed by atoms with E-state index in [-0.39, 0.29) is 17.9 Å². The average Bonchev–Trinajstić information content (AvgIpc) is 3.04. The Morgan fingerprint density at radius 2 is 1.13 bits per heavy atom. The van der Waals surface area contributed by atoms with Gasteiger partial charge in [-0.2, -0.15) is 0 Å². The third-order valence-corrected chi connectivity index (χ3v) is 4.21. The van der Waals surface area contributed by atoms with Crippen LogP contribution in [0.1, 0.15) is 74.7 Å². The predicted molar refractivity (Wildman–Crippen MR) is 124 cm³/mol. The average molecular weight is 560 g/mol. The van der Waals surface area contributed by atoms with Crippen molar-refractivity contribution in [1.82, 2.24) is 5.06 Å². The Kier molecular flexibility index (Phi) is 11.1. The predicted octanol–water partition coefficient (Wildman–Crippen LogP) is 0.442. The van der Waals surface area contributed by atoms with Crippen molar-refractivity contribution in [3.63, 3.8) is 0 Å². The van der Waals surface area contributed by atoms with Gasteiger partial charge in [0.1, 0.15) is 11.2 Å². The van der Waals surface area contributed by atoms with Crippen LogP contribution < -0.4 is 0 Å². The van der Waals surface area contributed by atoms with Crippen molar-refractivity contribution >= 4 is 47.6 Å². The Bertz CT molecular complexity index is 1000. The van der Waals surface area contributed by atoms with Crippen LogP contribution in [0, 0.1) is 0 Å². The summed E-state index contributed by atoms with van der Waals surface area (Å²) in [6.45, 7) is 10.9. The summed E-state index contributed by atoms with van der Waals surface area (Å²) in [5.41, 5.74) is -2.04. The molecule has 1 fully saturated rings. The van der Waals surface area contributed by atoms with E-state index in [1.165, 1.54) is 20.8 Å². The molecule has 1 aliphatic heterocycles. The number of hydrogen-bond acceptors (Lipinski definition) is 14. The molecular formula is C24H33NO14. The summed E-state index contributed by atoms with van der Waals surface area (Å²) in [5.74, 6) is -9.48. The Labute approximate surface area is 224 Å². The van der Waals surface area contributed by atoms with Crippen molar-refractivity contribution in [3.8, 4) is 0 Å². The molecule has 0 aliphatic carbocycles. The van der Waals surface area contributed by atoms with E-state index in [4.69, 9.17) is 28.5 Å². The maximum Gasteiger partial charge on any atom is 0.377 e. The Balaban J connectivity index is 3.33. The second kappa shape index (κ2) is 13.2. The van der Waals surface area contributed by atoms with Gasteiger partial charge in [-0.1, -0.05) is 0 Å². The lowest BCUT2D eigenvalue weighted by atomic mass is 10.1. The molecule has 1 heterocycles. The number of ether oxygens (including phenoxy) is 5. The van der Waals surface area contributed by atoms with Crippen LogP contribution in [-0.4, -0.2) is 82.2 Å². The van der Waals surface area contributed by atoms with Gasteiger partial charge in [-0.05, 0) is 41.5 Å². The van der Waals surface area contributed by atoms with Gasteiger partial charge in [-0.3, -0.25) is 24.0 Å². The Morgan fingerprint density at radius 3 is 1.54 bits per heavy atom. The first-order valence-corrected chi connectivity index (χ1v) is 11.8. The first-order valence-electron chi connectivity index (χ1n) is 11.8. The fourth-order valence-corrected chi connectivity index (χ4v) is 2.91. The van der Waals surface area contributed by atoms with Crippen LogP contribution in [-0.2, 0) is 66.9 Å². The second-order valence-corrected chi connectivity index (χ2v) is 10.3. The van der Waals surface area contributed by atoms with Gasteiger partial charge in [0, 0.05) is 26.7 Å². The number of rotatable bonds is 10. The van der Waals surface area contributed by atoms with Gasteiger partial charge in [0.05, 0.1) is 6.42 Å². The number of nitrogens with zero attached hydrogens (tertiary/aromatic N) is 1. The summed E-state index contributed by atoms with van der Waals surface area (Å²) in [6, 6.07) is 0. The number of carbonyl (C=O) groups is 8. The molecule has 0 saturated carbocycles. The van der Waals surface area contributed by atoms with Crippen molar-refractivity contribution in [2.45, 2.75) is 104 Å². The molecule has 0 aromatic carbocycles. The zero-order valence-electron chi connectivity index (χ0n) is 23.0. The van der Waals surface area contributed by atoms with Gasteiger partial charge in [0.25, 0.3) is 11.8 Å². The van der Waals surface area contributed by atoms with E-state index < -0.39 is 83.6 Å². The van der Waals surface area contributed by atoms with E-state index in [1.54, 1.807) is 20.8 Å². The van der Waals surface area contributed by atoms with Gasteiger partial charge in [-0.25, -0.2) is 14.4 Å². The zero-order valence-corrected chi connectivity index (χ0v) is 23.0. The Hall–Kier alpha value is -4.04. The third kappa shape index (κ3) is 11.5. The van der Waals surface area contributed by atoms with Crippen molar-refractivity contribution in [1.29, 1.82) is 0 Å². The van der Waals surface area contributed by atoms with E-state index in [0.717, 1.165) is 13.8 Å². The van der Waals surface area contributed by atoms with Gasteiger partial charge < -0.3 is 28.5 Å². The van der Waals surface area contributed by atoms with E-state index in [9.17, 15) is 38.4 Å². The first-order chi connectivity index (χ1) is 17.7. The summed E-state index contributed by atoms with van der Waals surface area (Å²) in [7, 11) is 0. The standard InChI is InChI=1S/C24H33NO14/c1-12(26)34-18(19(35-13(2)27)22(33)39-25-15(28)9-10-16(25)29)21(32)36-14(20(31)38-24(6,7)8)11-17(30)37-23(3,4)5/h14,18-19H,9-11H2,1-8H3/t14-,18?,19-/m1/s1. The Morgan fingerprint density at radius 1 is 0.692 bits per heavy atom. The molecule has 0 aromatic heterocycles. The molecule has 0 bridgehead atoms. The lowest BCUT2D eigenvalue weighted by Gasteiger charge is -2.28. The number of imide groups is 1. The highest BCUT2D eigenvalue weighted by Crippen LogP contribution is 2.20. The fraction of sp³-hybridized carbons (Fsp3) is 0.667. The molecule has 1 aliphatic rings. The molecule has 0 radical (unpaired) electrons. The smallest absolute Gasteiger partial charge is 0.377 e. The highest BCUT2D eigenvalue weighted by molar-refractivity contribution is 6.02. The fourth-order valence-electron chi connectivity index (χ4n) is 2.91. The molecule has 0 N–H and O–H groups in total. The molecule has 1 rings (SSSR count). The maximum absolute atomic E-state index is 13.1. The van der Waals surface area contributed by atoms with E-state index in [0.29, 0.717) is 0 Å². The highest BCUT2D eigenvalue weighted by atomic mass is 16.7. The maximum atomic E-state index is 13.1. The quantitative estimate of drug-likeness (QED) is 0.203. The van der Waals surface area contributed by atoms with Crippen molar-refractivity contribution in [2.24, 2.45) is 0 Å². The number of amides is 2. The normalized spacial score (nSPS) is 15.9. The van der Waals surface area contributed by atoms with E-state index >= 15 is 0 Å². The van der Waals surface area contributed by atoms with Gasteiger partial charge in [0.15, 0.2) is 0 Å². The van der Waals surface area contributed by atoms with Crippen molar-refractivity contribution in [2.75, 3.05) is 0 Å². The lowest BCUT2D eigenvalue weighted by Crippen LogP contribution is -2.50. The van der Waals surface area contributed by atoms with Crippen LogP contribution in [0.5, 0.6) is 0 Å². The monoisotopic (exact) mass is 559 g/mol. The SMILES string of the molecule is CC(=O)OC(C(=O)O[C@H](CC(=O)OC(C)(C)C)C(=O)OC(C)(C)C)[C@@H](OC(C)=O)C(=O)ON1C(=O)CCC1=O. The van der Waals surface area contributed by atoms with Crippen LogP contribution in [0.25, 0.3) is 0 Å². The molecule has 218 valence electrons. The topological polar surface area (TPSA) is 195 Å². The highest BCUT2D eigenvalue weighted by Gasteiger charge is 2.46. The van der Waals surface area contributed by atoms with Crippen LogP contribution in [0.4, 0.5) is 0 Å². The van der Waals surface area contributed by atoms with Crippen LogP contribution in [0.15, 0.2) is 0 Å². The minimum absolute atomic E-state index is 0.112. The number of hydroxylamine groups is 2. The van der Waals surface area contributed by atoms with Gasteiger partial charge in [0.2, 0.25) is 18.3 Å². The third-order valence-electron chi connectivity index (χ3n) is 4.21. The van der Waals surface area contributed by atoms with Crippen LogP contribution in [0.2, 0.25) is 0 Å². The summed E-state index contributed by atoms with van der Waals surface area (Å²) in [6.07, 6.45) is -8.05. The minimum Gasteiger partial charge on any atom is -0.460 e. The number of esters is 5. The molecule has 2 amide bonds. The molecule has 1 saturated heterocycles. The van der Waals surface area contributed by atoms with Crippen molar-refractivity contribution in [3.05, 3.63) is 0 Å². The molecule has 0 aromatic rings. The summed E-state index contributed by atoms with van der Waals surface area (Å²) in [4.78, 5) is 103. The molecule has 39 heavy (non-hydrogen) atoms. The molecule has 15 heteroatoms. The number of carbonyl (C=O) groups excluding carboxylic acids is 8. The van der Waals surface area contributed by atoms with Gasteiger partial charge >= 0.3 is 35.8 Å². The van der Waals surface area contributed by atoms with Crippen LogP contribution >= 0.6 is 0 Å². The molecule has 0 spiro atoms. The van der Waals surface area contributed by atoms with Crippen molar-refractivity contribution < 1.29 is 66.9 Å². The second-order valence-electron chi connectivity index (χ2n) is 10.3.